The Bertz CT molecular complexity index is 1040. The number of methoxy groups -OCH3 is 2. The van der Waals surface area contributed by atoms with E-state index in [0.29, 0.717) is 28.4 Å². The predicted molar refractivity (Wildman–Crippen MR) is 116 cm³/mol. The highest BCUT2D eigenvalue weighted by Gasteiger charge is 2.43. The van der Waals surface area contributed by atoms with Crippen LogP contribution in [0.4, 0.5) is 11.4 Å². The van der Waals surface area contributed by atoms with Crippen molar-refractivity contribution in [3.05, 3.63) is 54.1 Å². The van der Waals surface area contributed by atoms with E-state index in [1.807, 2.05) is 0 Å². The molecule has 0 saturated carbocycles. The molecule has 162 valence electrons. The van der Waals surface area contributed by atoms with E-state index in [1.165, 1.54) is 25.2 Å². The summed E-state index contributed by atoms with van der Waals surface area (Å²) in [6, 6.07) is 12.1. The molecule has 0 aromatic heterocycles. The SMILES string of the molecule is COC(=O)/C=C/c1ccc(OCC(=O)N2c3ccccc3NC(=O)C2(C)C)c(OC)c1. The van der Waals surface area contributed by atoms with Crippen molar-refractivity contribution >= 4 is 35.2 Å². The lowest BCUT2D eigenvalue weighted by molar-refractivity contribution is -0.134. The van der Waals surface area contributed by atoms with Crippen LogP contribution in [0.5, 0.6) is 11.5 Å². The summed E-state index contributed by atoms with van der Waals surface area (Å²) in [7, 11) is 2.78. The number of benzene rings is 2. The van der Waals surface area contributed by atoms with E-state index in [1.54, 1.807) is 62.4 Å². The Hall–Kier alpha value is -3.81. The van der Waals surface area contributed by atoms with Gasteiger partial charge in [0.05, 0.1) is 25.6 Å². The minimum atomic E-state index is -1.08. The first-order chi connectivity index (χ1) is 14.8. The number of esters is 1. The Morgan fingerprint density at radius 3 is 2.55 bits per heavy atom. The highest BCUT2D eigenvalue weighted by Crippen LogP contribution is 2.37. The average Bonchev–Trinajstić information content (AvgIpc) is 2.76. The second kappa shape index (κ2) is 8.91. The molecule has 0 unspecified atom stereocenters. The van der Waals surface area contributed by atoms with E-state index in [0.717, 1.165) is 0 Å². The molecule has 2 aromatic carbocycles. The Balaban J connectivity index is 1.79. The molecule has 1 heterocycles. The molecule has 0 saturated heterocycles. The van der Waals surface area contributed by atoms with Crippen LogP contribution in [-0.4, -0.2) is 44.1 Å². The molecular formula is C23H24N2O6. The largest absolute Gasteiger partial charge is 0.493 e. The fraction of sp³-hybridized carbons (Fsp3) is 0.261. The van der Waals surface area contributed by atoms with Crippen molar-refractivity contribution in [2.45, 2.75) is 19.4 Å². The molecule has 0 atom stereocenters. The maximum absolute atomic E-state index is 13.1. The van der Waals surface area contributed by atoms with Crippen LogP contribution >= 0.6 is 0 Å². The van der Waals surface area contributed by atoms with Crippen molar-refractivity contribution in [3.63, 3.8) is 0 Å². The van der Waals surface area contributed by atoms with Crippen LogP contribution in [0, 0.1) is 0 Å². The van der Waals surface area contributed by atoms with E-state index in [2.05, 4.69) is 10.1 Å². The Kier molecular flexibility index (Phi) is 6.29. The van der Waals surface area contributed by atoms with Gasteiger partial charge < -0.3 is 19.5 Å². The number of ether oxygens (including phenoxy) is 3. The highest BCUT2D eigenvalue weighted by molar-refractivity contribution is 6.14. The van der Waals surface area contributed by atoms with E-state index in [4.69, 9.17) is 9.47 Å². The smallest absolute Gasteiger partial charge is 0.330 e. The fourth-order valence-corrected chi connectivity index (χ4v) is 3.24. The van der Waals surface area contributed by atoms with E-state index in [9.17, 15) is 14.4 Å². The van der Waals surface area contributed by atoms with Gasteiger partial charge >= 0.3 is 5.97 Å². The van der Waals surface area contributed by atoms with Gasteiger partial charge in [0.2, 0.25) is 5.91 Å². The van der Waals surface area contributed by atoms with Gasteiger partial charge in [0.15, 0.2) is 18.1 Å². The van der Waals surface area contributed by atoms with Crippen molar-refractivity contribution in [2.75, 3.05) is 31.0 Å². The van der Waals surface area contributed by atoms with Crippen molar-refractivity contribution in [2.24, 2.45) is 0 Å². The third-order valence-corrected chi connectivity index (χ3v) is 4.91. The zero-order chi connectivity index (χ0) is 22.6. The number of anilines is 2. The first kappa shape index (κ1) is 21.9. The van der Waals surface area contributed by atoms with Gasteiger partial charge in [-0.25, -0.2) is 4.79 Å². The molecule has 31 heavy (non-hydrogen) atoms. The number of nitrogens with zero attached hydrogens (tertiary/aromatic N) is 1. The van der Waals surface area contributed by atoms with Gasteiger partial charge in [-0.05, 0) is 49.8 Å². The normalized spacial score (nSPS) is 14.6. The fourth-order valence-electron chi connectivity index (χ4n) is 3.24. The number of hydrogen-bond donors (Lipinski definition) is 1. The van der Waals surface area contributed by atoms with Crippen LogP contribution in [0.15, 0.2) is 48.5 Å². The number of rotatable bonds is 6. The molecule has 8 heteroatoms. The first-order valence-corrected chi connectivity index (χ1v) is 9.58. The minimum Gasteiger partial charge on any atom is -0.493 e. The second-order valence-electron chi connectivity index (χ2n) is 7.31. The number of nitrogens with one attached hydrogen (secondary N) is 1. The lowest BCUT2D eigenvalue weighted by atomic mass is 9.96. The van der Waals surface area contributed by atoms with Crippen LogP contribution in [0.25, 0.3) is 6.08 Å². The number of para-hydroxylation sites is 2. The molecule has 0 fully saturated rings. The quantitative estimate of drug-likeness (QED) is 0.566. The van der Waals surface area contributed by atoms with Crippen LogP contribution in [0.1, 0.15) is 19.4 Å². The molecule has 0 aliphatic carbocycles. The summed E-state index contributed by atoms with van der Waals surface area (Å²) >= 11 is 0. The van der Waals surface area contributed by atoms with Crippen LogP contribution in [0.2, 0.25) is 0 Å². The summed E-state index contributed by atoms with van der Waals surface area (Å²) < 4.78 is 15.6. The summed E-state index contributed by atoms with van der Waals surface area (Å²) in [5.74, 6) is -0.365. The molecular weight excluding hydrogens is 400 g/mol. The first-order valence-electron chi connectivity index (χ1n) is 9.58. The monoisotopic (exact) mass is 424 g/mol. The third kappa shape index (κ3) is 4.53. The van der Waals surface area contributed by atoms with Gasteiger partial charge in [-0.2, -0.15) is 0 Å². The lowest BCUT2D eigenvalue weighted by Crippen LogP contribution is -2.59. The van der Waals surface area contributed by atoms with Gasteiger partial charge in [-0.3, -0.25) is 14.5 Å². The van der Waals surface area contributed by atoms with E-state index < -0.39 is 11.5 Å². The van der Waals surface area contributed by atoms with Gasteiger partial charge in [0, 0.05) is 6.08 Å². The van der Waals surface area contributed by atoms with Crippen LogP contribution in [-0.2, 0) is 19.1 Å². The second-order valence-corrected chi connectivity index (χ2v) is 7.31. The molecule has 2 aromatic rings. The third-order valence-electron chi connectivity index (χ3n) is 4.91. The maximum Gasteiger partial charge on any atom is 0.330 e. The molecule has 0 radical (unpaired) electrons. The van der Waals surface area contributed by atoms with Crippen molar-refractivity contribution in [1.82, 2.24) is 0 Å². The number of carbonyl (C=O) groups excluding carboxylic acids is 3. The zero-order valence-corrected chi connectivity index (χ0v) is 17.8. The van der Waals surface area contributed by atoms with Crippen LogP contribution < -0.4 is 19.7 Å². The Morgan fingerprint density at radius 1 is 1.10 bits per heavy atom. The van der Waals surface area contributed by atoms with Crippen molar-refractivity contribution < 1.29 is 28.6 Å². The molecule has 3 rings (SSSR count). The average molecular weight is 424 g/mol. The molecule has 0 bridgehead atoms. The summed E-state index contributed by atoms with van der Waals surface area (Å²) in [6.45, 7) is 3.07. The van der Waals surface area contributed by atoms with Crippen LogP contribution in [0.3, 0.4) is 0 Å². The number of carbonyl (C=O) groups is 3. The number of fused-ring (bicyclic) bond motifs is 1. The van der Waals surface area contributed by atoms with Gasteiger partial charge in [-0.15, -0.1) is 0 Å². The summed E-state index contributed by atoms with van der Waals surface area (Å²) in [5, 5.41) is 2.82. The highest BCUT2D eigenvalue weighted by atomic mass is 16.5. The molecule has 0 spiro atoms. The molecule has 1 aliphatic rings. The molecule has 2 amide bonds. The molecule has 1 N–H and O–H groups in total. The van der Waals surface area contributed by atoms with Gasteiger partial charge in [0.25, 0.3) is 5.91 Å². The van der Waals surface area contributed by atoms with E-state index >= 15 is 0 Å². The molecule has 1 aliphatic heterocycles. The molecule has 8 nitrogen and oxygen atoms in total. The van der Waals surface area contributed by atoms with Gasteiger partial charge in [0.1, 0.15) is 5.54 Å². The topological polar surface area (TPSA) is 94.2 Å². The Labute approximate surface area is 180 Å². The van der Waals surface area contributed by atoms with E-state index in [-0.39, 0.29) is 18.4 Å². The zero-order valence-electron chi connectivity index (χ0n) is 17.8. The lowest BCUT2D eigenvalue weighted by Gasteiger charge is -2.41. The summed E-state index contributed by atoms with van der Waals surface area (Å²) in [6.07, 6.45) is 2.87. The predicted octanol–water partition coefficient (Wildman–Crippen LogP) is 3.02. The summed E-state index contributed by atoms with van der Waals surface area (Å²) in [5.41, 5.74) is 0.792. The standard InChI is InChI=1S/C23H24N2O6/c1-23(2)22(28)24-16-7-5-6-8-17(16)25(23)20(26)14-31-18-11-9-15(13-19(18)29-3)10-12-21(27)30-4/h5-13H,14H2,1-4H3,(H,24,28)/b12-10+. The number of amides is 2. The summed E-state index contributed by atoms with van der Waals surface area (Å²) in [4.78, 5) is 38.3. The maximum atomic E-state index is 13.1. The Morgan fingerprint density at radius 2 is 1.84 bits per heavy atom. The number of hydrogen-bond acceptors (Lipinski definition) is 6. The van der Waals surface area contributed by atoms with Crippen molar-refractivity contribution in [3.8, 4) is 11.5 Å². The minimum absolute atomic E-state index is 0.279. The van der Waals surface area contributed by atoms with Gasteiger partial charge in [-0.1, -0.05) is 18.2 Å². The van der Waals surface area contributed by atoms with Crippen molar-refractivity contribution in [1.29, 1.82) is 0 Å².